The van der Waals surface area contributed by atoms with E-state index in [1.165, 1.54) is 0 Å². The number of carbonyl (C=O) groups excluding carboxylic acids is 1. The van der Waals surface area contributed by atoms with E-state index in [0.29, 0.717) is 13.2 Å². The van der Waals surface area contributed by atoms with Gasteiger partial charge < -0.3 is 24.8 Å². The standard InChI is InChI=1S/C16H26N2O4/c1-5-20-15(21-6-2)10-17-16(19)18-11-22-14-9-7-8-12(3)13(14)4/h7-9,15H,5-6,10-11H2,1-4H3,(H2,17,18,19). The lowest BCUT2D eigenvalue weighted by Gasteiger charge is -2.18. The summed E-state index contributed by atoms with van der Waals surface area (Å²) in [6, 6.07) is 5.49. The topological polar surface area (TPSA) is 68.8 Å². The zero-order chi connectivity index (χ0) is 16.4. The third kappa shape index (κ3) is 6.32. The van der Waals surface area contributed by atoms with Gasteiger partial charge in [-0.15, -0.1) is 0 Å². The summed E-state index contributed by atoms with van der Waals surface area (Å²) in [6.45, 7) is 9.21. The van der Waals surface area contributed by atoms with Crippen molar-refractivity contribution in [2.75, 3.05) is 26.5 Å². The van der Waals surface area contributed by atoms with Gasteiger partial charge >= 0.3 is 6.03 Å². The van der Waals surface area contributed by atoms with Gasteiger partial charge in [0.2, 0.25) is 0 Å². The van der Waals surface area contributed by atoms with E-state index >= 15 is 0 Å². The second-order valence-corrected chi connectivity index (χ2v) is 4.71. The fourth-order valence-corrected chi connectivity index (χ4v) is 1.84. The summed E-state index contributed by atoms with van der Waals surface area (Å²) in [5.74, 6) is 0.766. The molecule has 2 amide bonds. The molecule has 22 heavy (non-hydrogen) atoms. The lowest BCUT2D eigenvalue weighted by Crippen LogP contribution is -2.42. The van der Waals surface area contributed by atoms with Crippen molar-refractivity contribution < 1.29 is 19.0 Å². The molecule has 1 rings (SSSR count). The first-order valence-electron chi connectivity index (χ1n) is 7.52. The second kappa shape index (κ2) is 10.0. The van der Waals surface area contributed by atoms with Crippen molar-refractivity contribution in [1.29, 1.82) is 0 Å². The molecule has 0 heterocycles. The molecule has 6 nitrogen and oxygen atoms in total. The van der Waals surface area contributed by atoms with Crippen molar-refractivity contribution in [3.05, 3.63) is 29.3 Å². The minimum absolute atomic E-state index is 0.101. The van der Waals surface area contributed by atoms with Gasteiger partial charge in [0.15, 0.2) is 13.0 Å². The van der Waals surface area contributed by atoms with Gasteiger partial charge in [0.25, 0.3) is 0 Å². The Balaban J connectivity index is 2.29. The Morgan fingerprint density at radius 2 is 1.82 bits per heavy atom. The molecule has 0 saturated carbocycles. The van der Waals surface area contributed by atoms with Gasteiger partial charge in [-0.2, -0.15) is 0 Å². The molecule has 124 valence electrons. The minimum atomic E-state index is -0.430. The number of aryl methyl sites for hydroxylation is 1. The van der Waals surface area contributed by atoms with E-state index < -0.39 is 6.29 Å². The molecule has 0 atom stereocenters. The summed E-state index contributed by atoms with van der Waals surface area (Å²) in [6.07, 6.45) is -0.430. The molecule has 0 spiro atoms. The zero-order valence-corrected chi connectivity index (χ0v) is 13.8. The van der Waals surface area contributed by atoms with Crippen LogP contribution < -0.4 is 15.4 Å². The van der Waals surface area contributed by atoms with Crippen LogP contribution in [0.2, 0.25) is 0 Å². The molecule has 0 aliphatic rings. The maximum atomic E-state index is 11.7. The second-order valence-electron chi connectivity index (χ2n) is 4.71. The predicted octanol–water partition coefficient (Wildman–Crippen LogP) is 2.34. The van der Waals surface area contributed by atoms with Crippen LogP contribution in [-0.2, 0) is 9.47 Å². The molecular formula is C16H26N2O4. The number of nitrogens with one attached hydrogen (secondary N) is 2. The van der Waals surface area contributed by atoms with Crippen LogP contribution >= 0.6 is 0 Å². The summed E-state index contributed by atoms with van der Waals surface area (Å²) >= 11 is 0. The normalized spacial score (nSPS) is 10.6. The number of hydrogen-bond donors (Lipinski definition) is 2. The van der Waals surface area contributed by atoms with Crippen LogP contribution in [0.15, 0.2) is 18.2 Å². The van der Waals surface area contributed by atoms with E-state index in [4.69, 9.17) is 14.2 Å². The molecule has 2 N–H and O–H groups in total. The molecule has 1 aromatic rings. The Labute approximate surface area is 132 Å². The lowest BCUT2D eigenvalue weighted by molar-refractivity contribution is -0.131. The minimum Gasteiger partial charge on any atom is -0.473 e. The molecule has 1 aromatic carbocycles. The van der Waals surface area contributed by atoms with E-state index in [0.717, 1.165) is 16.9 Å². The van der Waals surface area contributed by atoms with Crippen molar-refractivity contribution >= 4 is 6.03 Å². The molecule has 0 bridgehead atoms. The quantitative estimate of drug-likeness (QED) is 0.687. The van der Waals surface area contributed by atoms with Crippen molar-refractivity contribution in [2.24, 2.45) is 0 Å². The highest BCUT2D eigenvalue weighted by Crippen LogP contribution is 2.19. The van der Waals surface area contributed by atoms with Gasteiger partial charge in [0.05, 0.1) is 6.54 Å². The van der Waals surface area contributed by atoms with Gasteiger partial charge in [0, 0.05) is 13.2 Å². The first-order valence-corrected chi connectivity index (χ1v) is 7.52. The Kier molecular flexibility index (Phi) is 8.32. The molecule has 0 radical (unpaired) electrons. The highest BCUT2D eigenvalue weighted by Gasteiger charge is 2.09. The van der Waals surface area contributed by atoms with Crippen LogP contribution in [-0.4, -0.2) is 38.8 Å². The van der Waals surface area contributed by atoms with Gasteiger partial charge in [-0.05, 0) is 44.9 Å². The summed E-state index contributed by atoms with van der Waals surface area (Å²) in [4.78, 5) is 11.7. The summed E-state index contributed by atoms with van der Waals surface area (Å²) in [5.41, 5.74) is 2.22. The SMILES string of the molecule is CCOC(CNC(=O)NCOc1cccc(C)c1C)OCC. The predicted molar refractivity (Wildman–Crippen MR) is 85.0 cm³/mol. The number of carbonyl (C=O) groups is 1. The molecule has 0 unspecified atom stereocenters. The molecule has 0 aliphatic carbocycles. The van der Waals surface area contributed by atoms with E-state index in [-0.39, 0.29) is 19.3 Å². The zero-order valence-electron chi connectivity index (χ0n) is 13.8. The van der Waals surface area contributed by atoms with Gasteiger partial charge in [0.1, 0.15) is 5.75 Å². The third-order valence-corrected chi connectivity index (χ3v) is 3.15. The average molecular weight is 310 g/mol. The average Bonchev–Trinajstić information content (AvgIpc) is 2.49. The maximum absolute atomic E-state index is 11.7. The van der Waals surface area contributed by atoms with Crippen LogP contribution in [0.4, 0.5) is 4.79 Å². The highest BCUT2D eigenvalue weighted by atomic mass is 16.7. The fourth-order valence-electron chi connectivity index (χ4n) is 1.84. The first kappa shape index (κ1) is 18.3. The molecular weight excluding hydrogens is 284 g/mol. The number of hydrogen-bond acceptors (Lipinski definition) is 4. The molecule has 0 fully saturated rings. The number of benzene rings is 1. The van der Waals surface area contributed by atoms with Crippen molar-refractivity contribution in [3.8, 4) is 5.75 Å². The van der Waals surface area contributed by atoms with Crippen LogP contribution in [0, 0.1) is 13.8 Å². The van der Waals surface area contributed by atoms with E-state index in [1.807, 2.05) is 45.9 Å². The molecule has 0 saturated heterocycles. The maximum Gasteiger partial charge on any atom is 0.317 e. The monoisotopic (exact) mass is 310 g/mol. The Morgan fingerprint density at radius 1 is 1.14 bits per heavy atom. The third-order valence-electron chi connectivity index (χ3n) is 3.15. The van der Waals surface area contributed by atoms with E-state index in [2.05, 4.69) is 10.6 Å². The Bertz CT molecular complexity index is 459. The molecule has 0 aliphatic heterocycles. The van der Waals surface area contributed by atoms with Gasteiger partial charge in [-0.3, -0.25) is 0 Å². The van der Waals surface area contributed by atoms with Crippen LogP contribution in [0.1, 0.15) is 25.0 Å². The van der Waals surface area contributed by atoms with Crippen molar-refractivity contribution in [2.45, 2.75) is 34.0 Å². The number of amides is 2. The number of rotatable bonds is 9. The van der Waals surface area contributed by atoms with E-state index in [9.17, 15) is 4.79 Å². The Morgan fingerprint density at radius 3 is 2.45 bits per heavy atom. The summed E-state index contributed by atoms with van der Waals surface area (Å²) in [7, 11) is 0. The Hall–Kier alpha value is -1.79. The largest absolute Gasteiger partial charge is 0.473 e. The van der Waals surface area contributed by atoms with Crippen molar-refractivity contribution in [1.82, 2.24) is 10.6 Å². The van der Waals surface area contributed by atoms with E-state index in [1.54, 1.807) is 0 Å². The first-order chi connectivity index (χ1) is 10.6. The smallest absolute Gasteiger partial charge is 0.317 e. The van der Waals surface area contributed by atoms with Gasteiger partial charge in [-0.25, -0.2) is 4.79 Å². The summed E-state index contributed by atoms with van der Waals surface area (Å²) < 4.78 is 16.2. The van der Waals surface area contributed by atoms with Crippen molar-refractivity contribution in [3.63, 3.8) is 0 Å². The summed E-state index contributed by atoms with van der Waals surface area (Å²) in [5, 5.41) is 5.32. The van der Waals surface area contributed by atoms with Crippen LogP contribution in [0.3, 0.4) is 0 Å². The molecule has 0 aromatic heterocycles. The molecule has 6 heteroatoms. The van der Waals surface area contributed by atoms with Crippen LogP contribution in [0.5, 0.6) is 5.75 Å². The number of ether oxygens (including phenoxy) is 3. The highest BCUT2D eigenvalue weighted by molar-refractivity contribution is 5.73. The lowest BCUT2D eigenvalue weighted by atomic mass is 10.1. The number of urea groups is 1. The van der Waals surface area contributed by atoms with Crippen LogP contribution in [0.25, 0.3) is 0 Å². The van der Waals surface area contributed by atoms with Gasteiger partial charge in [-0.1, -0.05) is 12.1 Å². The fraction of sp³-hybridized carbons (Fsp3) is 0.562.